The summed E-state index contributed by atoms with van der Waals surface area (Å²) in [6.07, 6.45) is -9.59. The molecular formula is C30H21F8N. The maximum Gasteiger partial charge on any atom is 0.416 e. The highest BCUT2D eigenvalue weighted by Crippen LogP contribution is 2.41. The van der Waals surface area contributed by atoms with E-state index in [1.165, 1.54) is 18.2 Å². The zero-order valence-corrected chi connectivity index (χ0v) is 20.2. The van der Waals surface area contributed by atoms with Gasteiger partial charge in [-0.25, -0.2) is 8.78 Å². The Morgan fingerprint density at radius 2 is 1.10 bits per heavy atom. The van der Waals surface area contributed by atoms with Crippen LogP contribution in [0.25, 0.3) is 5.70 Å². The van der Waals surface area contributed by atoms with Gasteiger partial charge in [0.05, 0.1) is 16.7 Å². The van der Waals surface area contributed by atoms with Gasteiger partial charge in [0.15, 0.2) is 11.6 Å². The van der Waals surface area contributed by atoms with E-state index in [1.807, 2.05) is 0 Å². The molecule has 0 aliphatic rings. The monoisotopic (exact) mass is 547 g/mol. The van der Waals surface area contributed by atoms with E-state index in [2.05, 4.69) is 11.9 Å². The van der Waals surface area contributed by atoms with Crippen LogP contribution in [0.5, 0.6) is 0 Å². The molecule has 1 nitrogen and oxygen atoms in total. The number of benzene rings is 4. The van der Waals surface area contributed by atoms with Crippen molar-refractivity contribution in [3.8, 4) is 0 Å². The first kappa shape index (κ1) is 27.9. The molecule has 0 spiro atoms. The van der Waals surface area contributed by atoms with Gasteiger partial charge in [-0.2, -0.15) is 26.3 Å². The van der Waals surface area contributed by atoms with Crippen LogP contribution >= 0.6 is 0 Å². The SMILES string of the molecule is C=C(NC(Cc1ccccc1)(c1cccc(C(F)(F)F)c1)c1cccc(C(F)(F)F)c1)c1ccc(F)c(F)c1. The summed E-state index contributed by atoms with van der Waals surface area (Å²) in [6, 6.07) is 19.8. The Kier molecular flexibility index (Phi) is 7.54. The van der Waals surface area contributed by atoms with Gasteiger partial charge in [-0.15, -0.1) is 0 Å². The first-order chi connectivity index (χ1) is 18.3. The second-order valence-electron chi connectivity index (χ2n) is 8.96. The van der Waals surface area contributed by atoms with Crippen LogP contribution in [0, 0.1) is 11.6 Å². The van der Waals surface area contributed by atoms with E-state index in [1.54, 1.807) is 30.3 Å². The fourth-order valence-corrected chi connectivity index (χ4v) is 4.40. The smallest absolute Gasteiger partial charge is 0.371 e. The molecule has 0 heterocycles. The Bertz CT molecular complexity index is 1420. The molecule has 0 aliphatic heterocycles. The molecule has 0 atom stereocenters. The maximum absolute atomic E-state index is 14.0. The Labute approximate surface area is 219 Å². The third kappa shape index (κ3) is 6.13. The fourth-order valence-electron chi connectivity index (χ4n) is 4.40. The molecule has 0 aliphatic carbocycles. The Hall–Kier alpha value is -4.14. The lowest BCUT2D eigenvalue weighted by molar-refractivity contribution is -0.138. The van der Waals surface area contributed by atoms with Gasteiger partial charge in [-0.05, 0) is 59.2 Å². The molecule has 4 aromatic rings. The molecule has 9 heteroatoms. The Morgan fingerprint density at radius 3 is 1.59 bits per heavy atom. The van der Waals surface area contributed by atoms with Crippen LogP contribution in [0.1, 0.15) is 33.4 Å². The molecule has 0 radical (unpaired) electrons. The lowest BCUT2D eigenvalue weighted by Gasteiger charge is -2.39. The van der Waals surface area contributed by atoms with Crippen molar-refractivity contribution in [1.29, 1.82) is 0 Å². The summed E-state index contributed by atoms with van der Waals surface area (Å²) in [4.78, 5) is 0. The number of alkyl halides is 6. The molecule has 4 aromatic carbocycles. The summed E-state index contributed by atoms with van der Waals surface area (Å²) in [6.45, 7) is 3.87. The van der Waals surface area contributed by atoms with Crippen LogP contribution in [-0.4, -0.2) is 0 Å². The minimum Gasteiger partial charge on any atom is -0.371 e. The quantitative estimate of drug-likeness (QED) is 0.228. The number of hydrogen-bond donors (Lipinski definition) is 1. The lowest BCUT2D eigenvalue weighted by Crippen LogP contribution is -2.44. The van der Waals surface area contributed by atoms with Gasteiger partial charge in [0.1, 0.15) is 0 Å². The number of rotatable bonds is 7. The summed E-state index contributed by atoms with van der Waals surface area (Å²) in [5.41, 5.74) is -3.18. The minimum absolute atomic E-state index is 0.00997. The molecule has 0 unspecified atom stereocenters. The van der Waals surface area contributed by atoms with Crippen molar-refractivity contribution in [3.63, 3.8) is 0 Å². The van der Waals surface area contributed by atoms with Gasteiger partial charge < -0.3 is 5.32 Å². The van der Waals surface area contributed by atoms with Crippen molar-refractivity contribution in [2.45, 2.75) is 24.3 Å². The van der Waals surface area contributed by atoms with Crippen molar-refractivity contribution in [1.82, 2.24) is 5.32 Å². The molecule has 39 heavy (non-hydrogen) atoms. The molecule has 0 fully saturated rings. The second-order valence-corrected chi connectivity index (χ2v) is 8.96. The van der Waals surface area contributed by atoms with Gasteiger partial charge in [0.25, 0.3) is 0 Å². The zero-order chi connectivity index (χ0) is 28.4. The molecule has 0 bridgehead atoms. The third-order valence-electron chi connectivity index (χ3n) is 6.31. The van der Waals surface area contributed by atoms with Gasteiger partial charge in [0.2, 0.25) is 0 Å². The maximum atomic E-state index is 14.0. The highest BCUT2D eigenvalue weighted by Gasteiger charge is 2.40. The highest BCUT2D eigenvalue weighted by molar-refractivity contribution is 5.64. The Morgan fingerprint density at radius 1 is 0.590 bits per heavy atom. The van der Waals surface area contributed by atoms with Crippen LogP contribution in [0.2, 0.25) is 0 Å². The number of hydrogen-bond acceptors (Lipinski definition) is 1. The topological polar surface area (TPSA) is 12.0 Å². The second kappa shape index (κ2) is 10.6. The molecule has 4 rings (SSSR count). The van der Waals surface area contributed by atoms with Crippen LogP contribution in [0.15, 0.2) is 104 Å². The number of nitrogens with one attached hydrogen (secondary N) is 1. The predicted octanol–water partition coefficient (Wildman–Crippen LogP) is 8.75. The lowest BCUT2D eigenvalue weighted by atomic mass is 9.76. The highest BCUT2D eigenvalue weighted by atomic mass is 19.4. The largest absolute Gasteiger partial charge is 0.416 e. The zero-order valence-electron chi connectivity index (χ0n) is 20.2. The third-order valence-corrected chi connectivity index (χ3v) is 6.31. The molecule has 0 aromatic heterocycles. The van der Waals surface area contributed by atoms with E-state index in [0.29, 0.717) is 5.56 Å². The van der Waals surface area contributed by atoms with E-state index in [4.69, 9.17) is 0 Å². The fraction of sp³-hybridized carbons (Fsp3) is 0.133. The number of halogens is 8. The van der Waals surface area contributed by atoms with E-state index >= 15 is 0 Å². The van der Waals surface area contributed by atoms with E-state index in [-0.39, 0.29) is 28.8 Å². The van der Waals surface area contributed by atoms with Crippen molar-refractivity contribution < 1.29 is 35.1 Å². The van der Waals surface area contributed by atoms with Crippen LogP contribution in [0.3, 0.4) is 0 Å². The molecular weight excluding hydrogens is 526 g/mol. The van der Waals surface area contributed by atoms with E-state index in [0.717, 1.165) is 48.5 Å². The predicted molar refractivity (Wildman–Crippen MR) is 132 cm³/mol. The van der Waals surface area contributed by atoms with Gasteiger partial charge >= 0.3 is 12.4 Å². The molecule has 0 amide bonds. The normalized spacial score (nSPS) is 12.3. The molecule has 0 saturated heterocycles. The average molecular weight is 547 g/mol. The van der Waals surface area contributed by atoms with E-state index in [9.17, 15) is 35.1 Å². The van der Waals surface area contributed by atoms with Crippen molar-refractivity contribution in [3.05, 3.63) is 149 Å². The van der Waals surface area contributed by atoms with Gasteiger partial charge in [-0.3, -0.25) is 0 Å². The summed E-state index contributed by atoms with van der Waals surface area (Å²) in [7, 11) is 0. The van der Waals surface area contributed by atoms with E-state index < -0.39 is 40.7 Å². The van der Waals surface area contributed by atoms with Crippen LogP contribution in [0.4, 0.5) is 35.1 Å². The average Bonchev–Trinajstić information content (AvgIpc) is 2.89. The van der Waals surface area contributed by atoms with Crippen LogP contribution in [-0.2, 0) is 24.3 Å². The molecule has 0 saturated carbocycles. The first-order valence-electron chi connectivity index (χ1n) is 11.6. The first-order valence-corrected chi connectivity index (χ1v) is 11.6. The Balaban J connectivity index is 2.00. The van der Waals surface area contributed by atoms with Crippen molar-refractivity contribution in [2.75, 3.05) is 0 Å². The molecule has 202 valence electrons. The van der Waals surface area contributed by atoms with Gasteiger partial charge in [0, 0.05) is 17.7 Å². The van der Waals surface area contributed by atoms with Crippen LogP contribution < -0.4 is 5.32 Å². The summed E-state index contributed by atoms with van der Waals surface area (Å²) >= 11 is 0. The summed E-state index contributed by atoms with van der Waals surface area (Å²) in [5, 5.41) is 3.01. The van der Waals surface area contributed by atoms with Crippen molar-refractivity contribution >= 4 is 5.70 Å². The van der Waals surface area contributed by atoms with Crippen molar-refractivity contribution in [2.24, 2.45) is 0 Å². The standard InChI is InChI=1S/C30H21F8N/c1-19(21-13-14-26(31)27(32)15-21)39-28(18-20-7-3-2-4-8-20,22-9-5-11-24(16-22)29(33,34)35)23-10-6-12-25(17-23)30(36,37)38/h2-17,39H,1,18H2. The summed E-state index contributed by atoms with van der Waals surface area (Å²) < 4.78 is 110. The summed E-state index contributed by atoms with van der Waals surface area (Å²) in [5.74, 6) is -2.32. The van der Waals surface area contributed by atoms with Gasteiger partial charge in [-0.1, -0.05) is 61.2 Å². The molecule has 1 N–H and O–H groups in total. The minimum atomic E-state index is -4.74.